The average Bonchev–Trinajstić information content (AvgIpc) is 2.45. The molecule has 0 aliphatic carbocycles. The summed E-state index contributed by atoms with van der Waals surface area (Å²) in [4.78, 5) is 0. The van der Waals surface area contributed by atoms with Gasteiger partial charge in [0.05, 0.1) is 12.2 Å². The molecule has 4 atom stereocenters. The van der Waals surface area contributed by atoms with Gasteiger partial charge in [-0.2, -0.15) is 0 Å². The summed E-state index contributed by atoms with van der Waals surface area (Å²) >= 11 is 0. The Morgan fingerprint density at radius 2 is 1.32 bits per heavy atom. The molecular formula is C17H38O4Si. The minimum Gasteiger partial charge on any atom is -0.393 e. The van der Waals surface area contributed by atoms with Crippen LogP contribution < -0.4 is 0 Å². The Kier molecular flexibility index (Phi) is 11.6. The first-order valence-corrected chi connectivity index (χ1v) is 11.0. The van der Waals surface area contributed by atoms with Gasteiger partial charge in [0.25, 0.3) is 0 Å². The van der Waals surface area contributed by atoms with Crippen molar-refractivity contribution < 1.29 is 18.4 Å². The number of hydrogen-bond donors (Lipinski definition) is 1. The lowest BCUT2D eigenvalue weighted by molar-refractivity contribution is -0.0250. The van der Waals surface area contributed by atoms with Crippen LogP contribution in [0.5, 0.6) is 0 Å². The molecule has 0 amide bonds. The van der Waals surface area contributed by atoms with Gasteiger partial charge in [-0.3, -0.25) is 0 Å². The van der Waals surface area contributed by atoms with E-state index < -0.39 is 8.80 Å². The van der Waals surface area contributed by atoms with Crippen LogP contribution in [-0.4, -0.2) is 38.3 Å². The molecule has 0 aliphatic rings. The van der Waals surface area contributed by atoms with E-state index in [-0.39, 0.29) is 24.4 Å². The normalized spacial score (nSPS) is 20.2. The number of hydrogen-bond acceptors (Lipinski definition) is 4. The van der Waals surface area contributed by atoms with Gasteiger partial charge in [0.1, 0.15) is 0 Å². The molecule has 0 aromatic rings. The van der Waals surface area contributed by atoms with Crippen LogP contribution in [0.25, 0.3) is 0 Å². The SMILES string of the molecule is CCC[Si](OC(C)CC)(OC(C)CC)OC(CC)CC(C)O. The van der Waals surface area contributed by atoms with Gasteiger partial charge in [-0.1, -0.05) is 34.1 Å². The van der Waals surface area contributed by atoms with Crippen LogP contribution in [0.4, 0.5) is 0 Å². The van der Waals surface area contributed by atoms with E-state index in [4.69, 9.17) is 13.3 Å². The molecule has 0 fully saturated rings. The van der Waals surface area contributed by atoms with Crippen LogP contribution in [0, 0.1) is 0 Å². The molecule has 134 valence electrons. The zero-order valence-corrected chi connectivity index (χ0v) is 16.7. The molecule has 0 saturated carbocycles. The summed E-state index contributed by atoms with van der Waals surface area (Å²) in [5.74, 6) is 0. The van der Waals surface area contributed by atoms with Gasteiger partial charge < -0.3 is 18.4 Å². The Labute approximate surface area is 138 Å². The Balaban J connectivity index is 5.20. The van der Waals surface area contributed by atoms with Gasteiger partial charge in [-0.25, -0.2) is 0 Å². The Bertz CT molecular complexity index is 261. The highest BCUT2D eigenvalue weighted by atomic mass is 28.4. The quantitative estimate of drug-likeness (QED) is 0.503. The van der Waals surface area contributed by atoms with Crippen LogP contribution in [0.3, 0.4) is 0 Å². The lowest BCUT2D eigenvalue weighted by atomic mass is 10.1. The van der Waals surface area contributed by atoms with Crippen LogP contribution in [0.15, 0.2) is 0 Å². The molecule has 0 aromatic heterocycles. The first kappa shape index (κ1) is 22.1. The second-order valence-electron chi connectivity index (χ2n) is 6.34. The molecule has 0 spiro atoms. The molecule has 5 heteroatoms. The van der Waals surface area contributed by atoms with E-state index in [1.54, 1.807) is 6.92 Å². The van der Waals surface area contributed by atoms with Crippen molar-refractivity contribution in [1.29, 1.82) is 0 Å². The van der Waals surface area contributed by atoms with E-state index in [2.05, 4.69) is 41.5 Å². The van der Waals surface area contributed by atoms with Crippen molar-refractivity contribution >= 4 is 8.80 Å². The predicted octanol–water partition coefficient (Wildman–Crippen LogP) is 4.53. The first-order valence-electron chi connectivity index (χ1n) is 9.03. The summed E-state index contributed by atoms with van der Waals surface area (Å²) in [5, 5.41) is 9.69. The lowest BCUT2D eigenvalue weighted by Gasteiger charge is -2.37. The van der Waals surface area contributed by atoms with Gasteiger partial charge in [-0.15, -0.1) is 0 Å². The highest BCUT2D eigenvalue weighted by molar-refractivity contribution is 6.60. The van der Waals surface area contributed by atoms with Crippen LogP contribution in [0.1, 0.15) is 80.6 Å². The Morgan fingerprint density at radius 1 is 0.818 bits per heavy atom. The van der Waals surface area contributed by atoms with Crippen LogP contribution in [0.2, 0.25) is 6.04 Å². The summed E-state index contributed by atoms with van der Waals surface area (Å²) in [6.45, 7) is 14.4. The number of aliphatic hydroxyl groups excluding tert-OH is 1. The van der Waals surface area contributed by atoms with Crippen molar-refractivity contribution in [2.45, 2.75) is 111 Å². The second kappa shape index (κ2) is 11.6. The average molecular weight is 335 g/mol. The zero-order valence-electron chi connectivity index (χ0n) is 15.7. The van der Waals surface area contributed by atoms with E-state index in [1.165, 1.54) is 0 Å². The highest BCUT2D eigenvalue weighted by Gasteiger charge is 2.44. The third kappa shape index (κ3) is 8.63. The lowest BCUT2D eigenvalue weighted by Crippen LogP contribution is -2.52. The van der Waals surface area contributed by atoms with Gasteiger partial charge in [0.2, 0.25) is 0 Å². The van der Waals surface area contributed by atoms with E-state index >= 15 is 0 Å². The maximum absolute atomic E-state index is 9.69. The first-order chi connectivity index (χ1) is 10.3. The summed E-state index contributed by atoms with van der Waals surface area (Å²) in [7, 11) is -2.73. The minimum absolute atomic E-state index is 0.00803. The van der Waals surface area contributed by atoms with Crippen LogP contribution >= 0.6 is 0 Å². The Morgan fingerprint density at radius 3 is 1.64 bits per heavy atom. The number of rotatable bonds is 13. The standard InChI is InChI=1S/C17H38O4Si/c1-8-12-22(19-15(6)9-2,20-16(7)10-3)21-17(11-4)13-14(5)18/h14-18H,8-13H2,1-7H3. The molecule has 0 rings (SSSR count). The highest BCUT2D eigenvalue weighted by Crippen LogP contribution is 2.27. The predicted molar refractivity (Wildman–Crippen MR) is 94.0 cm³/mol. The number of aliphatic hydroxyl groups is 1. The summed E-state index contributed by atoms with van der Waals surface area (Å²) < 4.78 is 19.1. The zero-order chi connectivity index (χ0) is 17.2. The fourth-order valence-corrected chi connectivity index (χ4v) is 5.74. The smallest absolute Gasteiger partial charge is 0.393 e. The topological polar surface area (TPSA) is 47.9 Å². The summed E-state index contributed by atoms with van der Waals surface area (Å²) in [6.07, 6.45) is 4.23. The largest absolute Gasteiger partial charge is 0.501 e. The maximum atomic E-state index is 9.69. The Hall–Kier alpha value is 0.0569. The molecule has 0 aromatic carbocycles. The molecular weight excluding hydrogens is 296 g/mol. The van der Waals surface area contributed by atoms with Crippen molar-refractivity contribution in [3.8, 4) is 0 Å². The van der Waals surface area contributed by atoms with Gasteiger partial charge in [0, 0.05) is 18.3 Å². The van der Waals surface area contributed by atoms with E-state index in [0.29, 0.717) is 6.42 Å². The summed E-state index contributed by atoms with van der Waals surface area (Å²) in [6, 6.07) is 0.831. The van der Waals surface area contributed by atoms with E-state index in [1.807, 2.05) is 0 Å². The van der Waals surface area contributed by atoms with Gasteiger partial charge in [0.15, 0.2) is 0 Å². The van der Waals surface area contributed by atoms with Crippen molar-refractivity contribution in [3.63, 3.8) is 0 Å². The molecule has 0 heterocycles. The molecule has 0 aliphatic heterocycles. The van der Waals surface area contributed by atoms with Crippen molar-refractivity contribution in [2.75, 3.05) is 0 Å². The molecule has 0 saturated heterocycles. The fourth-order valence-electron chi connectivity index (χ4n) is 2.28. The monoisotopic (exact) mass is 334 g/mol. The molecule has 4 nitrogen and oxygen atoms in total. The van der Waals surface area contributed by atoms with Gasteiger partial charge >= 0.3 is 8.80 Å². The van der Waals surface area contributed by atoms with Gasteiger partial charge in [-0.05, 0) is 46.5 Å². The van der Waals surface area contributed by atoms with E-state index in [0.717, 1.165) is 31.7 Å². The summed E-state index contributed by atoms with van der Waals surface area (Å²) in [5.41, 5.74) is 0. The second-order valence-corrected chi connectivity index (χ2v) is 8.91. The maximum Gasteiger partial charge on any atom is 0.501 e. The molecule has 1 N–H and O–H groups in total. The fraction of sp³-hybridized carbons (Fsp3) is 1.00. The molecule has 4 unspecified atom stereocenters. The molecule has 22 heavy (non-hydrogen) atoms. The van der Waals surface area contributed by atoms with Crippen molar-refractivity contribution in [3.05, 3.63) is 0 Å². The van der Waals surface area contributed by atoms with Crippen LogP contribution in [-0.2, 0) is 13.3 Å². The third-order valence-electron chi connectivity index (χ3n) is 3.87. The molecule has 0 radical (unpaired) electrons. The van der Waals surface area contributed by atoms with Crippen molar-refractivity contribution in [1.82, 2.24) is 0 Å². The van der Waals surface area contributed by atoms with Crippen molar-refractivity contribution in [2.24, 2.45) is 0 Å². The molecule has 0 bridgehead atoms. The third-order valence-corrected chi connectivity index (χ3v) is 7.20. The minimum atomic E-state index is -2.73. The van der Waals surface area contributed by atoms with E-state index in [9.17, 15) is 5.11 Å².